The Morgan fingerprint density at radius 2 is 1.82 bits per heavy atom. The van der Waals surface area contributed by atoms with Gasteiger partial charge in [-0.25, -0.2) is 0 Å². The first-order valence-corrected chi connectivity index (χ1v) is 6.27. The molecule has 0 aliphatic carbocycles. The number of aliphatic hydroxyl groups excluding tert-OH is 1. The summed E-state index contributed by atoms with van der Waals surface area (Å²) in [5, 5.41) is 19.2. The van der Waals surface area contributed by atoms with Gasteiger partial charge in [-0.05, 0) is 36.5 Å². The van der Waals surface area contributed by atoms with Crippen LogP contribution in [0.3, 0.4) is 0 Å². The van der Waals surface area contributed by atoms with Crippen LogP contribution in [0, 0.1) is 0 Å². The third-order valence-electron chi connectivity index (χ3n) is 3.17. The molecular weight excluding hydrogens is 214 g/mol. The fourth-order valence-electron chi connectivity index (χ4n) is 2.00. The average molecular weight is 237 g/mol. The van der Waals surface area contributed by atoms with Crippen LogP contribution in [0.4, 0.5) is 0 Å². The standard InChI is InChI=1S/C14H23NO2/c1-3-4-13(15)14(17)9-10(2)11-5-7-12(16)8-6-11/h5-8,10,13-14,16-17H,3-4,9,15H2,1-2H3. The number of phenolic OH excluding ortho intramolecular Hbond substituents is 1. The summed E-state index contributed by atoms with van der Waals surface area (Å²) in [6.45, 7) is 4.13. The molecule has 17 heavy (non-hydrogen) atoms. The van der Waals surface area contributed by atoms with E-state index >= 15 is 0 Å². The molecule has 0 amide bonds. The van der Waals surface area contributed by atoms with Gasteiger partial charge in [0.05, 0.1) is 6.10 Å². The predicted molar refractivity (Wildman–Crippen MR) is 70.0 cm³/mol. The van der Waals surface area contributed by atoms with Crippen molar-refractivity contribution in [1.29, 1.82) is 0 Å². The number of hydrogen-bond acceptors (Lipinski definition) is 3. The summed E-state index contributed by atoms with van der Waals surface area (Å²) in [4.78, 5) is 0. The van der Waals surface area contributed by atoms with Gasteiger partial charge in [0, 0.05) is 6.04 Å². The Morgan fingerprint density at radius 3 is 2.35 bits per heavy atom. The maximum Gasteiger partial charge on any atom is 0.115 e. The largest absolute Gasteiger partial charge is 0.508 e. The van der Waals surface area contributed by atoms with Crippen LogP contribution in [0.5, 0.6) is 5.75 Å². The first-order chi connectivity index (χ1) is 8.04. The smallest absolute Gasteiger partial charge is 0.115 e. The maximum absolute atomic E-state index is 9.96. The van der Waals surface area contributed by atoms with E-state index in [2.05, 4.69) is 13.8 Å². The van der Waals surface area contributed by atoms with Crippen molar-refractivity contribution in [2.45, 2.75) is 51.2 Å². The van der Waals surface area contributed by atoms with Crippen LogP contribution in [0.2, 0.25) is 0 Å². The molecule has 1 aromatic rings. The number of aliphatic hydroxyl groups is 1. The molecule has 96 valence electrons. The molecule has 0 fully saturated rings. The fourth-order valence-corrected chi connectivity index (χ4v) is 2.00. The molecule has 0 bridgehead atoms. The third-order valence-corrected chi connectivity index (χ3v) is 3.17. The Hall–Kier alpha value is -1.06. The van der Waals surface area contributed by atoms with Crippen molar-refractivity contribution in [2.24, 2.45) is 5.73 Å². The summed E-state index contributed by atoms with van der Waals surface area (Å²) in [7, 11) is 0. The number of phenols is 1. The van der Waals surface area contributed by atoms with Gasteiger partial charge in [0.1, 0.15) is 5.75 Å². The molecule has 3 heteroatoms. The van der Waals surface area contributed by atoms with Crippen LogP contribution >= 0.6 is 0 Å². The summed E-state index contributed by atoms with van der Waals surface area (Å²) in [5.41, 5.74) is 7.00. The molecule has 3 unspecified atom stereocenters. The Bertz CT molecular complexity index is 323. The first kappa shape index (κ1) is 14.0. The van der Waals surface area contributed by atoms with Gasteiger partial charge in [-0.2, -0.15) is 0 Å². The zero-order valence-electron chi connectivity index (χ0n) is 10.6. The first-order valence-electron chi connectivity index (χ1n) is 6.27. The highest BCUT2D eigenvalue weighted by molar-refractivity contribution is 5.28. The maximum atomic E-state index is 9.96. The molecule has 0 radical (unpaired) electrons. The number of rotatable bonds is 6. The average Bonchev–Trinajstić information content (AvgIpc) is 2.30. The quantitative estimate of drug-likeness (QED) is 0.711. The monoisotopic (exact) mass is 237 g/mol. The van der Waals surface area contributed by atoms with E-state index in [0.29, 0.717) is 6.42 Å². The van der Waals surface area contributed by atoms with Gasteiger partial charge in [0.2, 0.25) is 0 Å². The second-order valence-electron chi connectivity index (χ2n) is 4.75. The molecular formula is C14H23NO2. The van der Waals surface area contributed by atoms with Gasteiger partial charge >= 0.3 is 0 Å². The summed E-state index contributed by atoms with van der Waals surface area (Å²) in [6, 6.07) is 6.98. The van der Waals surface area contributed by atoms with E-state index in [0.717, 1.165) is 18.4 Å². The molecule has 0 saturated heterocycles. The normalized spacial score (nSPS) is 16.5. The lowest BCUT2D eigenvalue weighted by atomic mass is 9.91. The fraction of sp³-hybridized carbons (Fsp3) is 0.571. The van der Waals surface area contributed by atoms with Gasteiger partial charge in [-0.3, -0.25) is 0 Å². The molecule has 1 rings (SSSR count). The topological polar surface area (TPSA) is 66.5 Å². The van der Waals surface area contributed by atoms with E-state index in [-0.39, 0.29) is 17.7 Å². The highest BCUT2D eigenvalue weighted by atomic mass is 16.3. The van der Waals surface area contributed by atoms with Gasteiger partial charge in [-0.1, -0.05) is 32.4 Å². The molecule has 0 aliphatic heterocycles. The molecule has 0 saturated carbocycles. The SMILES string of the molecule is CCCC(N)C(O)CC(C)c1ccc(O)cc1. The van der Waals surface area contributed by atoms with Crippen molar-refractivity contribution in [2.75, 3.05) is 0 Å². The van der Waals surface area contributed by atoms with Crippen LogP contribution in [-0.4, -0.2) is 22.4 Å². The molecule has 3 atom stereocenters. The number of hydrogen-bond donors (Lipinski definition) is 3. The molecule has 3 nitrogen and oxygen atoms in total. The molecule has 0 aliphatic rings. The van der Waals surface area contributed by atoms with Crippen molar-refractivity contribution < 1.29 is 10.2 Å². The zero-order chi connectivity index (χ0) is 12.8. The van der Waals surface area contributed by atoms with Crippen molar-refractivity contribution in [3.05, 3.63) is 29.8 Å². The Morgan fingerprint density at radius 1 is 1.24 bits per heavy atom. The van der Waals surface area contributed by atoms with Crippen molar-refractivity contribution in [3.8, 4) is 5.75 Å². The third kappa shape index (κ3) is 4.36. The van der Waals surface area contributed by atoms with Gasteiger partial charge < -0.3 is 15.9 Å². The highest BCUT2D eigenvalue weighted by Gasteiger charge is 2.17. The second kappa shape index (κ2) is 6.62. The number of nitrogens with two attached hydrogens (primary N) is 1. The van der Waals surface area contributed by atoms with Crippen LogP contribution in [0.15, 0.2) is 24.3 Å². The zero-order valence-corrected chi connectivity index (χ0v) is 10.6. The van der Waals surface area contributed by atoms with E-state index in [9.17, 15) is 10.2 Å². The second-order valence-corrected chi connectivity index (χ2v) is 4.75. The molecule has 4 N–H and O–H groups in total. The Kier molecular flexibility index (Phi) is 5.45. The van der Waals surface area contributed by atoms with Crippen molar-refractivity contribution in [3.63, 3.8) is 0 Å². The summed E-state index contributed by atoms with van der Waals surface area (Å²) < 4.78 is 0. The van der Waals surface area contributed by atoms with Crippen molar-refractivity contribution in [1.82, 2.24) is 0 Å². The van der Waals surface area contributed by atoms with E-state index in [1.54, 1.807) is 12.1 Å². The number of benzene rings is 1. The number of aromatic hydroxyl groups is 1. The van der Waals surface area contributed by atoms with Crippen molar-refractivity contribution >= 4 is 0 Å². The Labute approximate surface area is 103 Å². The van der Waals surface area contributed by atoms with E-state index < -0.39 is 6.10 Å². The highest BCUT2D eigenvalue weighted by Crippen LogP contribution is 2.23. The minimum Gasteiger partial charge on any atom is -0.508 e. The summed E-state index contributed by atoms with van der Waals surface area (Å²) in [5.74, 6) is 0.512. The minimum atomic E-state index is -0.459. The summed E-state index contributed by atoms with van der Waals surface area (Å²) >= 11 is 0. The lowest BCUT2D eigenvalue weighted by molar-refractivity contribution is 0.124. The van der Waals surface area contributed by atoms with E-state index in [1.165, 1.54) is 0 Å². The van der Waals surface area contributed by atoms with Gasteiger partial charge in [-0.15, -0.1) is 0 Å². The minimum absolute atomic E-state index is 0.139. The van der Waals surface area contributed by atoms with Crippen LogP contribution < -0.4 is 5.73 Å². The summed E-state index contributed by atoms with van der Waals surface area (Å²) in [6.07, 6.45) is 2.04. The molecule has 0 spiro atoms. The van der Waals surface area contributed by atoms with Crippen LogP contribution in [-0.2, 0) is 0 Å². The molecule has 0 heterocycles. The van der Waals surface area contributed by atoms with Gasteiger partial charge in [0.25, 0.3) is 0 Å². The van der Waals surface area contributed by atoms with Gasteiger partial charge in [0.15, 0.2) is 0 Å². The lowest BCUT2D eigenvalue weighted by Gasteiger charge is -2.22. The lowest BCUT2D eigenvalue weighted by Crippen LogP contribution is -2.35. The van der Waals surface area contributed by atoms with E-state index in [4.69, 9.17) is 5.73 Å². The molecule has 0 aromatic heterocycles. The Balaban J connectivity index is 2.53. The van der Waals surface area contributed by atoms with Crippen LogP contribution in [0.25, 0.3) is 0 Å². The van der Waals surface area contributed by atoms with E-state index in [1.807, 2.05) is 12.1 Å². The molecule has 1 aromatic carbocycles. The van der Waals surface area contributed by atoms with Crippen LogP contribution in [0.1, 0.15) is 44.6 Å². The predicted octanol–water partition coefficient (Wildman–Crippen LogP) is 2.37.